The molecular weight excluding hydrogens is 574 g/mol. The Morgan fingerprint density at radius 1 is 1.07 bits per heavy atom. The van der Waals surface area contributed by atoms with Crippen molar-refractivity contribution >= 4 is 56.4 Å². The van der Waals surface area contributed by atoms with Gasteiger partial charge in [0, 0.05) is 64.0 Å². The molecule has 0 spiro atoms. The Bertz CT molecular complexity index is 2040. The molecule has 230 valence electrons. The maximum absolute atomic E-state index is 15.7. The van der Waals surface area contributed by atoms with Crippen molar-refractivity contribution in [3.05, 3.63) is 58.1 Å². The van der Waals surface area contributed by atoms with Crippen molar-refractivity contribution in [3.8, 4) is 11.1 Å². The topological polar surface area (TPSA) is 123 Å². The summed E-state index contributed by atoms with van der Waals surface area (Å²) in [5, 5.41) is 0.308. The zero-order valence-electron chi connectivity index (χ0n) is 25.6. The Balaban J connectivity index is 1.79. The molecule has 0 aliphatic rings. The molecule has 0 radical (unpaired) electrons. The van der Waals surface area contributed by atoms with Crippen molar-refractivity contribution in [2.75, 3.05) is 37.5 Å². The molecule has 0 saturated heterocycles. The molecule has 5 aromatic rings. The van der Waals surface area contributed by atoms with Gasteiger partial charge in [0.2, 0.25) is 5.43 Å². The molecule has 44 heavy (non-hydrogen) atoms. The summed E-state index contributed by atoms with van der Waals surface area (Å²) >= 11 is 0. The van der Waals surface area contributed by atoms with Crippen molar-refractivity contribution < 1.29 is 27.8 Å². The van der Waals surface area contributed by atoms with Crippen LogP contribution in [0.5, 0.6) is 0 Å². The van der Waals surface area contributed by atoms with Crippen LogP contribution in [0.1, 0.15) is 38.1 Å². The van der Waals surface area contributed by atoms with E-state index in [1.54, 1.807) is 64.4 Å². The molecule has 0 saturated carbocycles. The van der Waals surface area contributed by atoms with E-state index in [9.17, 15) is 14.4 Å². The SMILES string of the molecule is CCOC(=O)c1cn(C)c2ncc(-c3cnc4[nH]c5c(N(C)C(=O)OC(C)(C)C)cc(F)c(F)c5c4c3N(C)C)cc2c1=O. The van der Waals surface area contributed by atoms with Crippen LogP contribution < -0.4 is 15.2 Å². The van der Waals surface area contributed by atoms with E-state index in [0.29, 0.717) is 22.5 Å². The lowest BCUT2D eigenvalue weighted by Gasteiger charge is -2.25. The number of hydrogen-bond acceptors (Lipinski definition) is 8. The van der Waals surface area contributed by atoms with Gasteiger partial charge in [-0.25, -0.2) is 28.3 Å². The highest BCUT2D eigenvalue weighted by Crippen LogP contribution is 2.43. The number of H-pyrrole nitrogens is 1. The molecular formula is C31H32F2N6O5. The monoisotopic (exact) mass is 606 g/mol. The third-order valence-electron chi connectivity index (χ3n) is 7.04. The highest BCUT2D eigenvalue weighted by Gasteiger charge is 2.28. The van der Waals surface area contributed by atoms with Gasteiger partial charge in [-0.3, -0.25) is 9.69 Å². The fourth-order valence-electron chi connectivity index (χ4n) is 5.16. The number of fused-ring (bicyclic) bond motifs is 4. The molecule has 5 rings (SSSR count). The Kier molecular flexibility index (Phi) is 7.52. The fourth-order valence-corrected chi connectivity index (χ4v) is 5.16. The second kappa shape index (κ2) is 10.9. The second-order valence-electron chi connectivity index (χ2n) is 11.5. The van der Waals surface area contributed by atoms with Gasteiger partial charge in [-0.15, -0.1) is 0 Å². The maximum atomic E-state index is 15.7. The molecule has 13 heteroatoms. The molecule has 11 nitrogen and oxygen atoms in total. The number of ether oxygens (including phenoxy) is 2. The summed E-state index contributed by atoms with van der Waals surface area (Å²) in [5.41, 5.74) is 0.634. The standard InChI is InChI=1S/C31H32F2N6O5/c1-9-43-29(41)18-14-38(7)28-16(26(18)40)10-15(12-35-28)17-13-34-27-22(25(17)37(5)6)21-23(33)19(32)11-20(24(21)36-27)39(8)30(42)44-31(2,3)4/h10-14H,9H2,1-8H3,(H,34,36). The van der Waals surface area contributed by atoms with Gasteiger partial charge < -0.3 is 23.9 Å². The number of carbonyl (C=O) groups is 2. The lowest BCUT2D eigenvalue weighted by atomic mass is 10.0. The zero-order valence-corrected chi connectivity index (χ0v) is 25.6. The number of anilines is 2. The number of amides is 1. The maximum Gasteiger partial charge on any atom is 0.414 e. The molecule has 0 aliphatic heterocycles. The van der Waals surface area contributed by atoms with Crippen LogP contribution in [0.25, 0.3) is 44.1 Å². The van der Waals surface area contributed by atoms with Crippen molar-refractivity contribution in [3.63, 3.8) is 0 Å². The largest absolute Gasteiger partial charge is 0.462 e. The van der Waals surface area contributed by atoms with Crippen LogP contribution in [0.3, 0.4) is 0 Å². The van der Waals surface area contributed by atoms with Gasteiger partial charge >= 0.3 is 12.1 Å². The summed E-state index contributed by atoms with van der Waals surface area (Å²) in [7, 11) is 6.53. The van der Waals surface area contributed by atoms with Gasteiger partial charge in [0.25, 0.3) is 0 Å². The predicted octanol–water partition coefficient (Wildman–Crippen LogP) is 5.52. The van der Waals surface area contributed by atoms with Crippen LogP contribution in [-0.2, 0) is 16.5 Å². The first-order valence-electron chi connectivity index (χ1n) is 13.8. The average molecular weight is 607 g/mol. The molecule has 1 amide bonds. The van der Waals surface area contributed by atoms with E-state index in [0.717, 1.165) is 11.0 Å². The van der Waals surface area contributed by atoms with Crippen LogP contribution >= 0.6 is 0 Å². The molecule has 0 fully saturated rings. The Morgan fingerprint density at radius 3 is 2.41 bits per heavy atom. The number of halogens is 2. The lowest BCUT2D eigenvalue weighted by Crippen LogP contribution is -2.34. The Labute approximate surface area is 251 Å². The molecule has 0 atom stereocenters. The highest BCUT2D eigenvalue weighted by molar-refractivity contribution is 6.19. The van der Waals surface area contributed by atoms with Crippen molar-refractivity contribution in [1.29, 1.82) is 0 Å². The summed E-state index contributed by atoms with van der Waals surface area (Å²) in [6.07, 6.45) is 3.69. The first-order chi connectivity index (χ1) is 20.6. The quantitative estimate of drug-likeness (QED) is 0.260. The minimum Gasteiger partial charge on any atom is -0.462 e. The Hall–Kier alpha value is -5.07. The third-order valence-corrected chi connectivity index (χ3v) is 7.04. The van der Waals surface area contributed by atoms with E-state index in [-0.39, 0.29) is 45.2 Å². The van der Waals surface area contributed by atoms with E-state index in [1.165, 1.54) is 25.6 Å². The lowest BCUT2D eigenvalue weighted by molar-refractivity contribution is 0.0522. The number of esters is 1. The van der Waals surface area contributed by atoms with E-state index < -0.39 is 34.7 Å². The number of hydrogen-bond donors (Lipinski definition) is 1. The molecule has 0 bridgehead atoms. The number of aromatic nitrogens is 4. The van der Waals surface area contributed by atoms with Gasteiger partial charge in [-0.1, -0.05) is 0 Å². The van der Waals surface area contributed by atoms with Crippen LogP contribution in [0, 0.1) is 11.6 Å². The summed E-state index contributed by atoms with van der Waals surface area (Å²) < 4.78 is 42.9. The van der Waals surface area contributed by atoms with Crippen LogP contribution in [0.15, 0.2) is 35.5 Å². The summed E-state index contributed by atoms with van der Waals surface area (Å²) in [5.74, 6) is -3.04. The number of nitrogens with zero attached hydrogens (tertiary/aromatic N) is 5. The first-order valence-corrected chi connectivity index (χ1v) is 13.8. The Morgan fingerprint density at radius 2 is 1.77 bits per heavy atom. The molecule has 0 unspecified atom stereocenters. The third kappa shape index (κ3) is 5.07. The molecule has 4 aromatic heterocycles. The van der Waals surface area contributed by atoms with Crippen molar-refractivity contribution in [2.24, 2.45) is 7.05 Å². The smallest absolute Gasteiger partial charge is 0.414 e. The normalized spacial score (nSPS) is 11.8. The number of aromatic amines is 1. The first kappa shape index (κ1) is 30.4. The van der Waals surface area contributed by atoms with Crippen LogP contribution in [0.4, 0.5) is 25.0 Å². The highest BCUT2D eigenvalue weighted by atomic mass is 19.2. The molecule has 1 aromatic carbocycles. The van der Waals surface area contributed by atoms with Crippen molar-refractivity contribution in [1.82, 2.24) is 19.5 Å². The fraction of sp³-hybridized carbons (Fsp3) is 0.323. The molecule has 0 aliphatic carbocycles. The number of rotatable bonds is 5. The van der Waals surface area contributed by atoms with E-state index in [4.69, 9.17) is 9.47 Å². The number of carbonyl (C=O) groups excluding carboxylic acids is 2. The van der Waals surface area contributed by atoms with Gasteiger partial charge in [-0.05, 0) is 33.8 Å². The van der Waals surface area contributed by atoms with Crippen molar-refractivity contribution in [2.45, 2.75) is 33.3 Å². The summed E-state index contributed by atoms with van der Waals surface area (Å²) in [6, 6.07) is 2.51. The summed E-state index contributed by atoms with van der Waals surface area (Å²) in [6.45, 7) is 6.85. The van der Waals surface area contributed by atoms with Gasteiger partial charge in [0.05, 0.1) is 39.7 Å². The second-order valence-corrected chi connectivity index (χ2v) is 11.5. The molecule has 1 N–H and O–H groups in total. The summed E-state index contributed by atoms with van der Waals surface area (Å²) in [4.78, 5) is 53.6. The minimum atomic E-state index is -1.17. The van der Waals surface area contributed by atoms with Gasteiger partial charge in [-0.2, -0.15) is 0 Å². The van der Waals surface area contributed by atoms with E-state index in [2.05, 4.69) is 15.0 Å². The number of benzene rings is 1. The predicted molar refractivity (Wildman–Crippen MR) is 164 cm³/mol. The van der Waals surface area contributed by atoms with Gasteiger partial charge in [0.1, 0.15) is 22.5 Å². The minimum absolute atomic E-state index is 0.0553. The number of pyridine rings is 3. The average Bonchev–Trinajstić information content (AvgIpc) is 3.34. The molecule has 4 heterocycles. The number of aryl methyl sites for hydroxylation is 1. The van der Waals surface area contributed by atoms with E-state index >= 15 is 8.78 Å². The van der Waals surface area contributed by atoms with Crippen LogP contribution in [-0.4, -0.2) is 64.9 Å². The number of nitrogens with one attached hydrogen (secondary N) is 1. The zero-order chi connectivity index (χ0) is 32.2. The van der Waals surface area contributed by atoms with Crippen LogP contribution in [0.2, 0.25) is 0 Å². The van der Waals surface area contributed by atoms with Gasteiger partial charge in [0.15, 0.2) is 11.6 Å². The van der Waals surface area contributed by atoms with E-state index in [1.807, 2.05) is 0 Å².